The van der Waals surface area contributed by atoms with Gasteiger partial charge in [-0.2, -0.15) is 0 Å². The first-order valence-electron chi connectivity index (χ1n) is 0. The third kappa shape index (κ3) is 39.6. The Morgan fingerprint density at radius 3 is 0.714 bits per heavy atom. The van der Waals surface area contributed by atoms with Gasteiger partial charge in [-0.15, -0.1) is 0 Å². The van der Waals surface area contributed by atoms with Gasteiger partial charge >= 0.3 is 0 Å². The van der Waals surface area contributed by atoms with E-state index in [0.717, 1.165) is 0 Å². The molecule has 0 rings (SSSR count). The molecule has 0 spiro atoms. The van der Waals surface area contributed by atoms with E-state index in [-0.39, 0.29) is 131 Å². The molecule has 0 aromatic heterocycles. The summed E-state index contributed by atoms with van der Waals surface area (Å²) in [5.74, 6) is 0. The second-order valence-corrected chi connectivity index (χ2v) is 0. The van der Waals surface area contributed by atoms with Gasteiger partial charge in [-0.25, -0.2) is 0 Å². The SMILES string of the molecule is [Al].[Cu].[Si].[Ti].[Ti].[W].[W]. The first-order chi connectivity index (χ1) is 0. The standard InChI is InChI=1S/Al.Cu.Si.2Ti.2W. The number of hydrogen-bond donors (Lipinski definition) is 0. The molecule has 0 N–H and O–H groups in total. The van der Waals surface area contributed by atoms with Crippen LogP contribution in [0.15, 0.2) is 0 Å². The maximum absolute atomic E-state index is 0. The van der Waals surface area contributed by atoms with Crippen molar-refractivity contribution >= 4 is 28.3 Å². The van der Waals surface area contributed by atoms with Crippen molar-refractivity contribution < 1.29 is 103 Å². The Kier molecular flexibility index (Phi) is 483. The van der Waals surface area contributed by atoms with E-state index in [1.807, 2.05) is 0 Å². The van der Waals surface area contributed by atoms with Gasteiger partial charge in [0.2, 0.25) is 0 Å². The Balaban J connectivity index is 0. The van der Waals surface area contributed by atoms with E-state index >= 15 is 0 Å². The van der Waals surface area contributed by atoms with E-state index < -0.39 is 0 Å². The number of hydrogen-bond acceptors (Lipinski definition) is 0. The number of rotatable bonds is 0. The van der Waals surface area contributed by atoms with Crippen LogP contribution in [0.25, 0.3) is 0 Å². The van der Waals surface area contributed by atoms with Gasteiger partial charge in [0.1, 0.15) is 0 Å². The summed E-state index contributed by atoms with van der Waals surface area (Å²) in [4.78, 5) is 0. The Labute approximate surface area is 128 Å². The summed E-state index contributed by atoms with van der Waals surface area (Å²) in [6.07, 6.45) is 0. The van der Waals surface area contributed by atoms with Crippen LogP contribution in [-0.4, -0.2) is 28.3 Å². The largest absolute Gasteiger partial charge is 0 e. The van der Waals surface area contributed by atoms with E-state index in [1.54, 1.807) is 0 Å². The van der Waals surface area contributed by atoms with Gasteiger partial charge in [-0.1, -0.05) is 0 Å². The molecule has 0 aromatic carbocycles. The molecular weight excluding hydrogens is 582 g/mol. The van der Waals surface area contributed by atoms with E-state index in [9.17, 15) is 0 Å². The fourth-order valence-electron chi connectivity index (χ4n) is 0. The van der Waals surface area contributed by atoms with Crippen LogP contribution in [0.4, 0.5) is 0 Å². The molecule has 0 aromatic rings. The van der Waals surface area contributed by atoms with E-state index in [2.05, 4.69) is 0 Å². The fraction of sp³-hybridized carbons (Fsp3) is 0. The molecule has 0 saturated heterocycles. The fourth-order valence-corrected chi connectivity index (χ4v) is 0. The Hall–Kier alpha value is 4.07. The molecule has 38 valence electrons. The van der Waals surface area contributed by atoms with Crippen LogP contribution >= 0.6 is 0 Å². The maximum atomic E-state index is 0. The molecule has 0 bridgehead atoms. The van der Waals surface area contributed by atoms with Crippen LogP contribution in [-0.2, 0) is 103 Å². The van der Waals surface area contributed by atoms with Crippen LogP contribution in [0.3, 0.4) is 0 Å². The molecule has 8 radical (unpaired) electrons. The zero-order valence-electron chi connectivity index (χ0n) is 3.20. The minimum atomic E-state index is 0. The molecule has 0 atom stereocenters. The zero-order valence-corrected chi connectivity index (χ0v) is 15.3. The Bertz CT molecular complexity index is 15.7. The summed E-state index contributed by atoms with van der Waals surface area (Å²) in [6, 6.07) is 0. The second-order valence-electron chi connectivity index (χ2n) is 0. The monoisotopic (exact) mass is 582 g/mol. The molecule has 7 heavy (non-hydrogen) atoms. The van der Waals surface area contributed by atoms with E-state index in [0.29, 0.717) is 0 Å². The predicted octanol–water partition coefficient (Wildman–Crippen LogP) is -0.774. The average Bonchev–Trinajstić information content (AvgIpc) is 0. The molecule has 0 saturated carbocycles. The minimum absolute atomic E-state index is 0. The summed E-state index contributed by atoms with van der Waals surface area (Å²) in [5, 5.41) is 0. The van der Waals surface area contributed by atoms with Crippen LogP contribution in [0, 0.1) is 0 Å². The van der Waals surface area contributed by atoms with Crippen molar-refractivity contribution in [1.82, 2.24) is 0 Å². The molecule has 7 heteroatoms. The van der Waals surface area contributed by atoms with Gasteiger partial charge in [-0.3, -0.25) is 0 Å². The second kappa shape index (κ2) is 50.0. The zero-order chi connectivity index (χ0) is 0. The van der Waals surface area contributed by atoms with E-state index in [4.69, 9.17) is 0 Å². The maximum Gasteiger partial charge on any atom is 0 e. The Morgan fingerprint density at radius 2 is 0.714 bits per heavy atom. The van der Waals surface area contributed by atoms with Crippen LogP contribution in [0.1, 0.15) is 0 Å². The van der Waals surface area contributed by atoms with Crippen molar-refractivity contribution in [1.29, 1.82) is 0 Å². The molecule has 0 fully saturated rings. The molecule has 0 aliphatic heterocycles. The molecule has 0 amide bonds. The van der Waals surface area contributed by atoms with Crippen LogP contribution in [0.5, 0.6) is 0 Å². The molecule has 0 aliphatic rings. The summed E-state index contributed by atoms with van der Waals surface area (Å²) in [6.45, 7) is 0. The van der Waals surface area contributed by atoms with E-state index in [1.165, 1.54) is 0 Å². The molecular formula is AlCuSiTi2W2. The molecule has 0 nitrogen and oxygen atoms in total. The van der Waals surface area contributed by atoms with Gasteiger partial charge in [0.15, 0.2) is 0 Å². The van der Waals surface area contributed by atoms with Crippen LogP contribution < -0.4 is 0 Å². The third-order valence-electron chi connectivity index (χ3n) is 0. The predicted molar refractivity (Wildman–Crippen MR) is 11.5 cm³/mol. The average molecular weight is 582 g/mol. The summed E-state index contributed by atoms with van der Waals surface area (Å²) >= 11 is 0. The molecule has 0 unspecified atom stereocenters. The smallest absolute Gasteiger partial charge is 0 e. The van der Waals surface area contributed by atoms with Gasteiger partial charge in [0.25, 0.3) is 0 Å². The first-order valence-corrected chi connectivity index (χ1v) is 0. The molecule has 0 aliphatic carbocycles. The normalized spacial score (nSPS) is 0. The third-order valence-corrected chi connectivity index (χ3v) is 0. The summed E-state index contributed by atoms with van der Waals surface area (Å²) in [5.41, 5.74) is 0. The Morgan fingerprint density at radius 1 is 0.714 bits per heavy atom. The van der Waals surface area contributed by atoms with Gasteiger partial charge < -0.3 is 0 Å². The summed E-state index contributed by atoms with van der Waals surface area (Å²) in [7, 11) is 0. The quantitative estimate of drug-likeness (QED) is 0.330. The van der Waals surface area contributed by atoms with Crippen molar-refractivity contribution in [2.45, 2.75) is 0 Å². The van der Waals surface area contributed by atoms with Gasteiger partial charge in [0.05, 0.1) is 0 Å². The van der Waals surface area contributed by atoms with Crippen molar-refractivity contribution in [3.8, 4) is 0 Å². The summed E-state index contributed by atoms with van der Waals surface area (Å²) < 4.78 is 0. The minimum Gasteiger partial charge on any atom is 0 e. The molecule has 0 heterocycles. The van der Waals surface area contributed by atoms with Crippen molar-refractivity contribution in [3.63, 3.8) is 0 Å². The van der Waals surface area contributed by atoms with Crippen molar-refractivity contribution in [2.75, 3.05) is 0 Å². The van der Waals surface area contributed by atoms with Gasteiger partial charge in [0, 0.05) is 131 Å². The van der Waals surface area contributed by atoms with Crippen LogP contribution in [0.2, 0.25) is 0 Å². The first kappa shape index (κ1) is 67.7. The van der Waals surface area contributed by atoms with Crippen molar-refractivity contribution in [3.05, 3.63) is 0 Å². The van der Waals surface area contributed by atoms with Gasteiger partial charge in [-0.05, 0) is 0 Å². The topological polar surface area (TPSA) is 0 Å². The van der Waals surface area contributed by atoms with Crippen molar-refractivity contribution in [2.24, 2.45) is 0 Å².